The molecule has 1 N–H and O–H groups in total. The molecule has 1 aromatic heterocycles. The highest BCUT2D eigenvalue weighted by Gasteiger charge is 2.17. The summed E-state index contributed by atoms with van der Waals surface area (Å²) in [6.45, 7) is 3.15. The maximum Gasteiger partial charge on any atom is 0.219 e. The van der Waals surface area contributed by atoms with Gasteiger partial charge in [-0.05, 0) is 24.5 Å². The molecule has 0 radical (unpaired) electrons. The number of H-pyrrole nitrogens is 1. The topological polar surface area (TPSA) is 36.1 Å². The van der Waals surface area contributed by atoms with Crippen LogP contribution in [0.15, 0.2) is 12.3 Å². The first kappa shape index (κ1) is 12.5. The number of rotatable bonds is 1. The van der Waals surface area contributed by atoms with E-state index in [0.717, 1.165) is 24.7 Å². The summed E-state index contributed by atoms with van der Waals surface area (Å²) in [5.41, 5.74) is 2.59. The Balaban J connectivity index is 1.94. The van der Waals surface area contributed by atoms with Gasteiger partial charge >= 0.3 is 0 Å². The first-order valence-electron chi connectivity index (χ1n) is 6.63. The van der Waals surface area contributed by atoms with Crippen molar-refractivity contribution in [2.24, 2.45) is 0 Å². The summed E-state index contributed by atoms with van der Waals surface area (Å²) >= 11 is 6.13. The van der Waals surface area contributed by atoms with Crippen LogP contribution in [-0.2, 0) is 4.79 Å². The van der Waals surface area contributed by atoms with Gasteiger partial charge in [0.2, 0.25) is 5.91 Å². The van der Waals surface area contributed by atoms with Crippen molar-refractivity contribution in [3.8, 4) is 0 Å². The van der Waals surface area contributed by atoms with Crippen LogP contribution in [0.3, 0.4) is 0 Å². The molecule has 1 unspecified atom stereocenters. The summed E-state index contributed by atoms with van der Waals surface area (Å²) in [5, 5.41) is 2.48. The van der Waals surface area contributed by atoms with Crippen molar-refractivity contribution in [2.45, 2.75) is 25.1 Å². The Morgan fingerprint density at radius 2 is 2.32 bits per heavy atom. The SMILES string of the molecule is CC(=O)N1CC=C(c2c[nH]c3c2=CCC(Cl)C=3)CC1. The van der Waals surface area contributed by atoms with Gasteiger partial charge in [0.15, 0.2) is 0 Å². The van der Waals surface area contributed by atoms with E-state index in [9.17, 15) is 4.79 Å². The lowest BCUT2D eigenvalue weighted by atomic mass is 9.99. The predicted molar refractivity (Wildman–Crippen MR) is 78.1 cm³/mol. The van der Waals surface area contributed by atoms with Gasteiger partial charge < -0.3 is 9.88 Å². The second-order valence-electron chi connectivity index (χ2n) is 5.10. The minimum atomic E-state index is 0.0903. The second-order valence-corrected chi connectivity index (χ2v) is 5.66. The van der Waals surface area contributed by atoms with Crippen LogP contribution in [0.2, 0.25) is 0 Å². The highest BCUT2D eigenvalue weighted by Crippen LogP contribution is 2.19. The fraction of sp³-hybridized carbons (Fsp3) is 0.400. The number of fused-ring (bicyclic) bond motifs is 1. The maximum absolute atomic E-state index is 11.3. The van der Waals surface area contributed by atoms with Crippen LogP contribution in [-0.4, -0.2) is 34.3 Å². The van der Waals surface area contributed by atoms with E-state index in [1.807, 2.05) is 4.90 Å². The summed E-state index contributed by atoms with van der Waals surface area (Å²) in [6.07, 6.45) is 10.3. The fourth-order valence-corrected chi connectivity index (χ4v) is 2.97. The number of amides is 1. The number of hydrogen-bond donors (Lipinski definition) is 1. The molecule has 0 aromatic carbocycles. The van der Waals surface area contributed by atoms with Gasteiger partial charge in [-0.25, -0.2) is 0 Å². The molecule has 2 heterocycles. The van der Waals surface area contributed by atoms with Crippen LogP contribution < -0.4 is 10.6 Å². The molecule has 1 aromatic rings. The zero-order valence-electron chi connectivity index (χ0n) is 10.9. The molecule has 1 atom stereocenters. The van der Waals surface area contributed by atoms with E-state index >= 15 is 0 Å². The Morgan fingerprint density at radius 1 is 1.47 bits per heavy atom. The van der Waals surface area contributed by atoms with Crippen LogP contribution in [0.4, 0.5) is 0 Å². The fourth-order valence-electron chi connectivity index (χ4n) is 2.75. The smallest absolute Gasteiger partial charge is 0.219 e. The minimum Gasteiger partial charge on any atom is -0.361 e. The van der Waals surface area contributed by atoms with Gasteiger partial charge in [0.05, 0.1) is 5.38 Å². The van der Waals surface area contributed by atoms with Gasteiger partial charge in [-0.2, -0.15) is 0 Å². The first-order chi connectivity index (χ1) is 9.15. The number of halogens is 1. The summed E-state index contributed by atoms with van der Waals surface area (Å²) in [6, 6.07) is 0. The van der Waals surface area contributed by atoms with Gasteiger partial charge in [-0.15, -0.1) is 11.6 Å². The van der Waals surface area contributed by atoms with E-state index in [0.29, 0.717) is 6.54 Å². The van der Waals surface area contributed by atoms with Gasteiger partial charge in [-0.3, -0.25) is 4.79 Å². The lowest BCUT2D eigenvalue weighted by Gasteiger charge is -2.25. The number of nitrogens with one attached hydrogen (secondary N) is 1. The standard InChI is InChI=1S/C15H17ClN2O/c1-10(19)18-6-4-11(5-7-18)14-9-17-15-8-12(16)2-3-13(14)15/h3-4,8-9,12,17H,2,5-7H2,1H3. The molecule has 19 heavy (non-hydrogen) atoms. The zero-order chi connectivity index (χ0) is 13.4. The van der Waals surface area contributed by atoms with Crippen LogP contribution in [0.5, 0.6) is 0 Å². The number of hydrogen-bond acceptors (Lipinski definition) is 1. The molecule has 1 aliphatic heterocycles. The number of aromatic nitrogens is 1. The van der Waals surface area contributed by atoms with Gasteiger partial charge in [-0.1, -0.05) is 12.2 Å². The van der Waals surface area contributed by atoms with Gasteiger partial charge in [0.1, 0.15) is 0 Å². The van der Waals surface area contributed by atoms with Crippen molar-refractivity contribution < 1.29 is 4.79 Å². The van der Waals surface area contributed by atoms with Crippen LogP contribution in [0.25, 0.3) is 17.7 Å². The average Bonchev–Trinajstić information content (AvgIpc) is 2.81. The summed E-state index contributed by atoms with van der Waals surface area (Å²) < 4.78 is 0. The van der Waals surface area contributed by atoms with Crippen molar-refractivity contribution in [1.29, 1.82) is 0 Å². The van der Waals surface area contributed by atoms with E-state index in [1.54, 1.807) is 6.92 Å². The molecule has 2 aliphatic rings. The highest BCUT2D eigenvalue weighted by molar-refractivity contribution is 6.24. The molecular formula is C15H17ClN2O. The molecule has 0 saturated carbocycles. The van der Waals surface area contributed by atoms with Crippen molar-refractivity contribution in [3.05, 3.63) is 28.4 Å². The third-order valence-corrected chi connectivity index (χ3v) is 4.15. The van der Waals surface area contributed by atoms with Crippen molar-refractivity contribution in [1.82, 2.24) is 9.88 Å². The van der Waals surface area contributed by atoms with E-state index in [-0.39, 0.29) is 11.3 Å². The third kappa shape index (κ3) is 2.35. The largest absolute Gasteiger partial charge is 0.361 e. The minimum absolute atomic E-state index is 0.0903. The quantitative estimate of drug-likeness (QED) is 0.770. The van der Waals surface area contributed by atoms with Crippen molar-refractivity contribution in [2.75, 3.05) is 13.1 Å². The molecule has 4 heteroatoms. The summed E-state index contributed by atoms with van der Waals surface area (Å²) in [5.74, 6) is 0.149. The van der Waals surface area contributed by atoms with Gasteiger partial charge in [0, 0.05) is 42.3 Å². The molecule has 3 nitrogen and oxygen atoms in total. The normalized spacial score (nSPS) is 22.1. The number of nitrogens with zero attached hydrogens (tertiary/aromatic N) is 1. The molecule has 3 rings (SSSR count). The Bertz CT molecular complexity index is 656. The van der Waals surface area contributed by atoms with E-state index in [1.165, 1.54) is 16.4 Å². The van der Waals surface area contributed by atoms with Crippen LogP contribution in [0.1, 0.15) is 25.3 Å². The summed E-state index contributed by atoms with van der Waals surface area (Å²) in [7, 11) is 0. The monoisotopic (exact) mass is 276 g/mol. The lowest BCUT2D eigenvalue weighted by Crippen LogP contribution is -2.34. The predicted octanol–water partition coefficient (Wildman–Crippen LogP) is 1.22. The Hall–Kier alpha value is -1.48. The van der Waals surface area contributed by atoms with E-state index in [4.69, 9.17) is 11.6 Å². The molecule has 1 amide bonds. The first-order valence-corrected chi connectivity index (χ1v) is 7.07. The number of aromatic amines is 1. The molecule has 100 valence electrons. The van der Waals surface area contributed by atoms with Gasteiger partial charge in [0.25, 0.3) is 0 Å². The molecule has 1 aliphatic carbocycles. The second kappa shape index (κ2) is 4.89. The van der Waals surface area contributed by atoms with Crippen LogP contribution in [0, 0.1) is 0 Å². The number of carbonyl (C=O) groups excluding carboxylic acids is 1. The Morgan fingerprint density at radius 3 is 3.00 bits per heavy atom. The van der Waals surface area contributed by atoms with E-state index < -0.39 is 0 Å². The van der Waals surface area contributed by atoms with Crippen molar-refractivity contribution in [3.63, 3.8) is 0 Å². The zero-order valence-corrected chi connectivity index (χ0v) is 11.7. The molecule has 0 fully saturated rings. The third-order valence-electron chi connectivity index (χ3n) is 3.85. The maximum atomic E-state index is 11.3. The highest BCUT2D eigenvalue weighted by atomic mass is 35.5. The Labute approximate surface area is 117 Å². The lowest BCUT2D eigenvalue weighted by molar-refractivity contribution is -0.128. The van der Waals surface area contributed by atoms with Crippen molar-refractivity contribution >= 4 is 35.2 Å². The van der Waals surface area contributed by atoms with E-state index in [2.05, 4.69) is 29.4 Å². The molecule has 0 saturated heterocycles. The summed E-state index contributed by atoms with van der Waals surface area (Å²) in [4.78, 5) is 16.5. The Kier molecular flexibility index (Phi) is 3.23. The number of alkyl halides is 1. The number of carbonyl (C=O) groups is 1. The average molecular weight is 277 g/mol. The molecule has 0 spiro atoms. The van der Waals surface area contributed by atoms with Crippen LogP contribution >= 0.6 is 11.6 Å². The molecular weight excluding hydrogens is 260 g/mol. The molecule has 0 bridgehead atoms.